The van der Waals surface area contributed by atoms with E-state index >= 15 is 0 Å². The number of fused-ring (bicyclic) bond motifs is 6. The second-order valence-corrected chi connectivity index (χ2v) is 12.7. The normalized spacial score (nSPS) is 11.4. The van der Waals surface area contributed by atoms with E-state index in [2.05, 4.69) is 65.2 Å². The van der Waals surface area contributed by atoms with Gasteiger partial charge in [0.2, 0.25) is 0 Å². The van der Waals surface area contributed by atoms with E-state index in [1.807, 2.05) is 109 Å². The second kappa shape index (κ2) is 11.9. The van der Waals surface area contributed by atoms with Crippen molar-refractivity contribution < 1.29 is 4.42 Å². The topological polar surface area (TPSA) is 80.5 Å². The maximum atomic E-state index is 9.95. The Hall–Kier alpha value is -7.36. The van der Waals surface area contributed by atoms with Crippen molar-refractivity contribution in [2.24, 2.45) is 0 Å². The van der Waals surface area contributed by atoms with Crippen molar-refractivity contribution >= 4 is 43.7 Å². The molecular formula is C46H27N5O. The van der Waals surface area contributed by atoms with E-state index in [4.69, 9.17) is 19.4 Å². The fourth-order valence-corrected chi connectivity index (χ4v) is 7.28. The van der Waals surface area contributed by atoms with Gasteiger partial charge in [0.05, 0.1) is 28.4 Å². The zero-order valence-corrected chi connectivity index (χ0v) is 27.7. The van der Waals surface area contributed by atoms with Crippen molar-refractivity contribution in [2.45, 2.75) is 0 Å². The van der Waals surface area contributed by atoms with Crippen LogP contribution in [0.4, 0.5) is 0 Å². The predicted octanol–water partition coefficient (Wildman–Crippen LogP) is 11.4. The molecule has 0 bridgehead atoms. The molecule has 0 unspecified atom stereocenters. The number of furan rings is 1. The summed E-state index contributed by atoms with van der Waals surface area (Å²) < 4.78 is 8.73. The predicted molar refractivity (Wildman–Crippen MR) is 208 cm³/mol. The summed E-state index contributed by atoms with van der Waals surface area (Å²) in [6, 6.07) is 57.4. The fourth-order valence-electron chi connectivity index (χ4n) is 7.28. The number of nitriles is 1. The summed E-state index contributed by atoms with van der Waals surface area (Å²) in [6.07, 6.45) is 0. The molecule has 0 aliphatic carbocycles. The number of nitrogens with zero attached hydrogens (tertiary/aromatic N) is 5. The third-order valence-electron chi connectivity index (χ3n) is 9.70. The maximum absolute atomic E-state index is 9.95. The minimum atomic E-state index is 0.531. The summed E-state index contributed by atoms with van der Waals surface area (Å²) in [4.78, 5) is 15.3. The van der Waals surface area contributed by atoms with Crippen LogP contribution < -0.4 is 0 Å². The Morgan fingerprint density at radius 3 is 1.85 bits per heavy atom. The highest BCUT2D eigenvalue weighted by Gasteiger charge is 2.21. The molecule has 0 aliphatic rings. The molecule has 52 heavy (non-hydrogen) atoms. The standard InChI is InChI=1S/C46H27N5O/c47-28-29-22-24-35-34-16-7-9-20-39(34)51(41(35)26-29)40-25-23-32(33-18-11-19-37-36-17-8-10-21-42(36)52-43(33)37)27-38(40)46-49-44(30-12-3-1-4-13-30)48-45(50-46)31-14-5-2-6-15-31/h1-27H. The monoisotopic (exact) mass is 665 g/mol. The van der Waals surface area contributed by atoms with Crippen LogP contribution in [0, 0.1) is 11.3 Å². The number of para-hydroxylation sites is 3. The molecule has 6 nitrogen and oxygen atoms in total. The van der Waals surface area contributed by atoms with E-state index in [0.717, 1.165) is 77.2 Å². The summed E-state index contributed by atoms with van der Waals surface area (Å²) in [5, 5.41) is 14.2. The van der Waals surface area contributed by atoms with E-state index < -0.39 is 0 Å². The zero-order valence-electron chi connectivity index (χ0n) is 27.7. The van der Waals surface area contributed by atoms with Gasteiger partial charge in [-0.1, -0.05) is 127 Å². The number of hydrogen-bond acceptors (Lipinski definition) is 5. The van der Waals surface area contributed by atoms with Gasteiger partial charge in [0, 0.05) is 43.8 Å². The van der Waals surface area contributed by atoms with Gasteiger partial charge in [-0.15, -0.1) is 0 Å². The molecule has 0 amide bonds. The largest absolute Gasteiger partial charge is 0.455 e. The average molecular weight is 666 g/mol. The Morgan fingerprint density at radius 2 is 1.10 bits per heavy atom. The molecular weight excluding hydrogens is 639 g/mol. The van der Waals surface area contributed by atoms with Crippen LogP contribution in [0.5, 0.6) is 0 Å². The van der Waals surface area contributed by atoms with Crippen molar-refractivity contribution in [1.29, 1.82) is 5.26 Å². The van der Waals surface area contributed by atoms with Gasteiger partial charge in [-0.2, -0.15) is 5.26 Å². The third-order valence-corrected chi connectivity index (χ3v) is 9.70. The van der Waals surface area contributed by atoms with Gasteiger partial charge in [0.25, 0.3) is 0 Å². The second-order valence-electron chi connectivity index (χ2n) is 12.7. The average Bonchev–Trinajstić information content (AvgIpc) is 3.76. The van der Waals surface area contributed by atoms with E-state index in [1.54, 1.807) is 0 Å². The first-order valence-electron chi connectivity index (χ1n) is 17.1. The first-order chi connectivity index (χ1) is 25.7. The van der Waals surface area contributed by atoms with E-state index in [1.165, 1.54) is 0 Å². The first-order valence-corrected chi connectivity index (χ1v) is 17.1. The number of rotatable bonds is 5. The minimum Gasteiger partial charge on any atom is -0.455 e. The molecule has 0 fully saturated rings. The minimum absolute atomic E-state index is 0.531. The molecule has 0 saturated heterocycles. The van der Waals surface area contributed by atoms with Crippen LogP contribution in [0.2, 0.25) is 0 Å². The van der Waals surface area contributed by atoms with Gasteiger partial charge in [-0.05, 0) is 42.0 Å². The summed E-state index contributed by atoms with van der Waals surface area (Å²) in [7, 11) is 0. The summed E-state index contributed by atoms with van der Waals surface area (Å²) in [6.45, 7) is 0. The SMILES string of the molecule is N#Cc1ccc2c3ccccc3n(-c3ccc(-c4cccc5c4oc4ccccc45)cc3-c3nc(-c4ccccc4)nc(-c4ccccc4)n3)c2c1. The van der Waals surface area contributed by atoms with Gasteiger partial charge in [-0.3, -0.25) is 0 Å². The number of hydrogen-bond donors (Lipinski definition) is 0. The smallest absolute Gasteiger partial charge is 0.166 e. The summed E-state index contributed by atoms with van der Waals surface area (Å²) in [5.41, 5.74) is 9.60. The molecule has 0 saturated carbocycles. The maximum Gasteiger partial charge on any atom is 0.166 e. The number of benzene rings is 7. The Kier molecular flexibility index (Phi) is 6.76. The lowest BCUT2D eigenvalue weighted by molar-refractivity contribution is 0.670. The van der Waals surface area contributed by atoms with Crippen LogP contribution >= 0.6 is 0 Å². The molecule has 10 aromatic rings. The van der Waals surface area contributed by atoms with Gasteiger partial charge < -0.3 is 8.98 Å². The molecule has 242 valence electrons. The number of aromatic nitrogens is 4. The molecule has 3 aromatic heterocycles. The van der Waals surface area contributed by atoms with E-state index in [9.17, 15) is 5.26 Å². The molecule has 0 aliphatic heterocycles. The van der Waals surface area contributed by atoms with Crippen molar-refractivity contribution in [3.8, 4) is 57.0 Å². The van der Waals surface area contributed by atoms with Crippen molar-refractivity contribution in [3.05, 3.63) is 169 Å². The lowest BCUT2D eigenvalue weighted by Gasteiger charge is -2.16. The third kappa shape index (κ3) is 4.76. The summed E-state index contributed by atoms with van der Waals surface area (Å²) >= 11 is 0. The van der Waals surface area contributed by atoms with Gasteiger partial charge in [0.1, 0.15) is 11.2 Å². The lowest BCUT2D eigenvalue weighted by atomic mass is 9.98. The quantitative estimate of drug-likeness (QED) is 0.183. The Bertz CT molecular complexity index is 2970. The van der Waals surface area contributed by atoms with Crippen LogP contribution in [0.15, 0.2) is 168 Å². The van der Waals surface area contributed by atoms with Gasteiger partial charge in [-0.25, -0.2) is 15.0 Å². The van der Waals surface area contributed by atoms with Crippen molar-refractivity contribution in [1.82, 2.24) is 19.5 Å². The lowest BCUT2D eigenvalue weighted by Crippen LogP contribution is -2.04. The van der Waals surface area contributed by atoms with Gasteiger partial charge in [0.15, 0.2) is 17.5 Å². The molecule has 7 aromatic carbocycles. The van der Waals surface area contributed by atoms with Crippen LogP contribution in [0.3, 0.4) is 0 Å². The van der Waals surface area contributed by atoms with Crippen molar-refractivity contribution in [2.75, 3.05) is 0 Å². The van der Waals surface area contributed by atoms with E-state index in [0.29, 0.717) is 23.0 Å². The molecule has 0 N–H and O–H groups in total. The van der Waals surface area contributed by atoms with Gasteiger partial charge >= 0.3 is 0 Å². The molecule has 10 rings (SSSR count). The molecule has 0 radical (unpaired) electrons. The fraction of sp³-hybridized carbons (Fsp3) is 0. The molecule has 0 spiro atoms. The zero-order chi connectivity index (χ0) is 34.6. The molecule has 6 heteroatoms. The van der Waals surface area contributed by atoms with Crippen molar-refractivity contribution in [3.63, 3.8) is 0 Å². The van der Waals surface area contributed by atoms with Crippen LogP contribution in [-0.2, 0) is 0 Å². The van der Waals surface area contributed by atoms with Crippen LogP contribution in [0.1, 0.15) is 5.56 Å². The molecule has 0 atom stereocenters. The summed E-state index contributed by atoms with van der Waals surface area (Å²) in [5.74, 6) is 1.69. The Morgan fingerprint density at radius 1 is 0.462 bits per heavy atom. The highest BCUT2D eigenvalue weighted by atomic mass is 16.3. The highest BCUT2D eigenvalue weighted by Crippen LogP contribution is 2.41. The van der Waals surface area contributed by atoms with Crippen LogP contribution in [-0.4, -0.2) is 19.5 Å². The first kappa shape index (κ1) is 29.5. The molecule has 3 heterocycles. The van der Waals surface area contributed by atoms with E-state index in [-0.39, 0.29) is 0 Å². The highest BCUT2D eigenvalue weighted by molar-refractivity contribution is 6.11. The van der Waals surface area contributed by atoms with Crippen LogP contribution in [0.25, 0.3) is 94.7 Å². The Balaban J connectivity index is 1.31. The Labute approximate surface area is 298 Å².